The van der Waals surface area contributed by atoms with Crippen molar-refractivity contribution >= 4 is 11.3 Å². The molecule has 0 aliphatic heterocycles. The van der Waals surface area contributed by atoms with Crippen molar-refractivity contribution in [2.75, 3.05) is 0 Å². The maximum Gasteiger partial charge on any atom is 0.0346 e. The van der Waals surface area contributed by atoms with Crippen LogP contribution >= 0.6 is 11.3 Å². The number of thiophene rings is 1. The fourth-order valence-electron chi connectivity index (χ4n) is 2.06. The minimum absolute atomic E-state index is 0.541. The predicted octanol–water partition coefficient (Wildman–Crippen LogP) is 4.87. The van der Waals surface area contributed by atoms with Crippen LogP contribution in [0.4, 0.5) is 0 Å². The van der Waals surface area contributed by atoms with Gasteiger partial charge in [0.15, 0.2) is 0 Å². The van der Waals surface area contributed by atoms with Gasteiger partial charge >= 0.3 is 0 Å². The molecule has 0 spiro atoms. The fraction of sp³-hybridized carbons (Fsp3) is 0.412. The van der Waals surface area contributed by atoms with Gasteiger partial charge < -0.3 is 5.32 Å². The molecule has 0 atom stereocenters. The second-order valence-corrected chi connectivity index (χ2v) is 6.42. The van der Waals surface area contributed by atoms with Crippen LogP contribution in [0, 0.1) is 0 Å². The van der Waals surface area contributed by atoms with Crippen LogP contribution in [0.15, 0.2) is 36.4 Å². The van der Waals surface area contributed by atoms with E-state index in [2.05, 4.69) is 62.5 Å². The first-order chi connectivity index (χ1) is 9.19. The molecule has 1 nitrogen and oxygen atoms in total. The summed E-state index contributed by atoms with van der Waals surface area (Å²) in [5, 5.41) is 3.46. The Kier molecular flexibility index (Phi) is 5.17. The Balaban J connectivity index is 2.05. The van der Waals surface area contributed by atoms with Crippen molar-refractivity contribution in [1.29, 1.82) is 0 Å². The van der Waals surface area contributed by atoms with Crippen molar-refractivity contribution in [3.05, 3.63) is 46.8 Å². The Morgan fingerprint density at radius 1 is 1.05 bits per heavy atom. The molecular formula is C17H23NS. The van der Waals surface area contributed by atoms with Crippen molar-refractivity contribution < 1.29 is 0 Å². The molecule has 102 valence electrons. The Labute approximate surface area is 120 Å². The van der Waals surface area contributed by atoms with Crippen molar-refractivity contribution in [2.24, 2.45) is 0 Å². The maximum absolute atomic E-state index is 3.46. The normalized spacial score (nSPS) is 11.2. The van der Waals surface area contributed by atoms with Gasteiger partial charge in [0.05, 0.1) is 0 Å². The van der Waals surface area contributed by atoms with E-state index in [-0.39, 0.29) is 0 Å². The Hall–Kier alpha value is -1.12. The lowest BCUT2D eigenvalue weighted by atomic mass is 10.1. The topological polar surface area (TPSA) is 12.0 Å². The van der Waals surface area contributed by atoms with E-state index >= 15 is 0 Å². The molecule has 0 aliphatic rings. The Bertz CT molecular complexity index is 496. The molecule has 1 heterocycles. The van der Waals surface area contributed by atoms with E-state index in [9.17, 15) is 0 Å². The summed E-state index contributed by atoms with van der Waals surface area (Å²) in [6.45, 7) is 7.55. The molecule has 1 aromatic heterocycles. The standard InChI is InChI=1S/C17H23NS/c1-4-5-14-6-8-15(9-7-14)17-11-10-16(19-17)12-18-13(2)3/h6-11,13,18H,4-5,12H2,1-3H3. The molecule has 1 aromatic carbocycles. The molecule has 0 fully saturated rings. The van der Waals surface area contributed by atoms with Crippen LogP contribution in [0.5, 0.6) is 0 Å². The zero-order chi connectivity index (χ0) is 13.7. The third-order valence-corrected chi connectivity index (χ3v) is 4.26. The lowest BCUT2D eigenvalue weighted by Gasteiger charge is -2.05. The first-order valence-corrected chi connectivity index (χ1v) is 7.92. The first-order valence-electron chi connectivity index (χ1n) is 7.10. The molecule has 2 aromatic rings. The van der Waals surface area contributed by atoms with Gasteiger partial charge in [0.25, 0.3) is 0 Å². The molecule has 0 amide bonds. The van der Waals surface area contributed by atoms with Crippen LogP contribution in [-0.2, 0) is 13.0 Å². The Morgan fingerprint density at radius 3 is 2.42 bits per heavy atom. The number of nitrogens with one attached hydrogen (secondary N) is 1. The van der Waals surface area contributed by atoms with Crippen LogP contribution in [0.3, 0.4) is 0 Å². The molecule has 0 radical (unpaired) electrons. The molecule has 1 N–H and O–H groups in total. The zero-order valence-electron chi connectivity index (χ0n) is 12.1. The quantitative estimate of drug-likeness (QED) is 0.792. The summed E-state index contributed by atoms with van der Waals surface area (Å²) in [6, 6.07) is 14.0. The van der Waals surface area contributed by atoms with Crippen LogP contribution in [-0.4, -0.2) is 6.04 Å². The van der Waals surface area contributed by atoms with Crippen molar-refractivity contribution in [3.63, 3.8) is 0 Å². The van der Waals surface area contributed by atoms with E-state index in [1.807, 2.05) is 11.3 Å². The minimum atomic E-state index is 0.541. The molecule has 2 heteroatoms. The second-order valence-electron chi connectivity index (χ2n) is 5.25. The number of aryl methyl sites for hydroxylation is 1. The summed E-state index contributed by atoms with van der Waals surface area (Å²) in [6.07, 6.45) is 2.39. The summed E-state index contributed by atoms with van der Waals surface area (Å²) >= 11 is 1.88. The zero-order valence-corrected chi connectivity index (χ0v) is 12.9. The van der Waals surface area contributed by atoms with Crippen LogP contribution in [0.1, 0.15) is 37.6 Å². The van der Waals surface area contributed by atoms with E-state index in [0.29, 0.717) is 6.04 Å². The average Bonchev–Trinajstić information content (AvgIpc) is 2.86. The third-order valence-electron chi connectivity index (χ3n) is 3.12. The number of hydrogen-bond acceptors (Lipinski definition) is 2. The molecular weight excluding hydrogens is 250 g/mol. The summed E-state index contributed by atoms with van der Waals surface area (Å²) < 4.78 is 0. The first kappa shape index (κ1) is 14.3. The summed E-state index contributed by atoms with van der Waals surface area (Å²) in [4.78, 5) is 2.77. The molecule has 0 saturated heterocycles. The molecule has 19 heavy (non-hydrogen) atoms. The van der Waals surface area contributed by atoms with Crippen molar-refractivity contribution in [2.45, 2.75) is 46.2 Å². The second kappa shape index (κ2) is 6.88. The van der Waals surface area contributed by atoms with Crippen molar-refractivity contribution in [3.8, 4) is 10.4 Å². The van der Waals surface area contributed by atoms with Gasteiger partial charge in [-0.1, -0.05) is 51.5 Å². The lowest BCUT2D eigenvalue weighted by Crippen LogP contribution is -2.21. The Morgan fingerprint density at radius 2 is 1.79 bits per heavy atom. The van der Waals surface area contributed by atoms with E-state index < -0.39 is 0 Å². The van der Waals surface area contributed by atoms with E-state index in [0.717, 1.165) is 6.54 Å². The monoisotopic (exact) mass is 273 g/mol. The molecule has 0 saturated carbocycles. The van der Waals surface area contributed by atoms with Gasteiger partial charge in [-0.2, -0.15) is 0 Å². The van der Waals surface area contributed by atoms with Gasteiger partial charge in [0.1, 0.15) is 0 Å². The number of benzene rings is 1. The smallest absolute Gasteiger partial charge is 0.0346 e. The van der Waals surface area contributed by atoms with Gasteiger partial charge in [-0.3, -0.25) is 0 Å². The van der Waals surface area contributed by atoms with Gasteiger partial charge in [-0.15, -0.1) is 11.3 Å². The summed E-state index contributed by atoms with van der Waals surface area (Å²) in [5.41, 5.74) is 2.77. The van der Waals surface area contributed by atoms with E-state index in [1.165, 1.54) is 33.7 Å². The number of hydrogen-bond donors (Lipinski definition) is 1. The summed E-state index contributed by atoms with van der Waals surface area (Å²) in [7, 11) is 0. The molecule has 0 unspecified atom stereocenters. The highest BCUT2D eigenvalue weighted by atomic mass is 32.1. The molecule has 2 rings (SSSR count). The largest absolute Gasteiger partial charge is 0.310 e. The van der Waals surface area contributed by atoms with Gasteiger partial charge in [-0.25, -0.2) is 0 Å². The highest BCUT2D eigenvalue weighted by Gasteiger charge is 2.03. The highest BCUT2D eigenvalue weighted by Crippen LogP contribution is 2.28. The SMILES string of the molecule is CCCc1ccc(-c2ccc(CNC(C)C)s2)cc1. The summed E-state index contributed by atoms with van der Waals surface area (Å²) in [5.74, 6) is 0. The van der Waals surface area contributed by atoms with Crippen LogP contribution < -0.4 is 5.32 Å². The number of rotatable bonds is 6. The fourth-order valence-corrected chi connectivity index (χ4v) is 3.02. The highest BCUT2D eigenvalue weighted by molar-refractivity contribution is 7.15. The maximum atomic E-state index is 3.46. The predicted molar refractivity (Wildman–Crippen MR) is 85.7 cm³/mol. The van der Waals surface area contributed by atoms with Crippen molar-refractivity contribution in [1.82, 2.24) is 5.32 Å². The lowest BCUT2D eigenvalue weighted by molar-refractivity contribution is 0.593. The third kappa shape index (κ3) is 4.19. The van der Waals surface area contributed by atoms with E-state index in [4.69, 9.17) is 0 Å². The van der Waals surface area contributed by atoms with Gasteiger partial charge in [0.2, 0.25) is 0 Å². The van der Waals surface area contributed by atoms with Crippen LogP contribution in [0.25, 0.3) is 10.4 Å². The van der Waals surface area contributed by atoms with Gasteiger partial charge in [-0.05, 0) is 29.7 Å². The van der Waals surface area contributed by atoms with Gasteiger partial charge in [0, 0.05) is 22.3 Å². The van der Waals surface area contributed by atoms with Crippen LogP contribution in [0.2, 0.25) is 0 Å². The minimum Gasteiger partial charge on any atom is -0.310 e. The average molecular weight is 273 g/mol. The molecule has 0 bridgehead atoms. The molecule has 0 aliphatic carbocycles. The van der Waals surface area contributed by atoms with E-state index in [1.54, 1.807) is 0 Å².